The Morgan fingerprint density at radius 2 is 1.96 bits per heavy atom. The minimum absolute atomic E-state index is 0.0215. The first kappa shape index (κ1) is 19.9. The molecule has 1 amide bonds. The summed E-state index contributed by atoms with van der Waals surface area (Å²) in [5, 5.41) is 0.448. The molecule has 2 aromatic rings. The largest absolute Gasteiger partial charge is 0.493 e. The molecular weight excluding hydrogens is 350 g/mol. The summed E-state index contributed by atoms with van der Waals surface area (Å²) in [6.45, 7) is 4.37. The third-order valence-corrected chi connectivity index (χ3v) is 4.45. The van der Waals surface area contributed by atoms with Gasteiger partial charge in [-0.2, -0.15) is 0 Å². The maximum atomic E-state index is 12.5. The van der Waals surface area contributed by atoms with Crippen molar-refractivity contribution in [3.8, 4) is 11.5 Å². The van der Waals surface area contributed by atoms with E-state index in [4.69, 9.17) is 21.1 Å². The predicted octanol–water partition coefficient (Wildman–Crippen LogP) is 4.98. The highest BCUT2D eigenvalue weighted by molar-refractivity contribution is 6.32. The molecule has 0 N–H and O–H groups in total. The van der Waals surface area contributed by atoms with Gasteiger partial charge in [-0.1, -0.05) is 41.9 Å². The van der Waals surface area contributed by atoms with Crippen molar-refractivity contribution >= 4 is 23.6 Å². The van der Waals surface area contributed by atoms with Crippen LogP contribution in [0, 0.1) is 0 Å². The third-order valence-electron chi connectivity index (χ3n) is 4.17. The summed E-state index contributed by atoms with van der Waals surface area (Å²) in [5.41, 5.74) is 1.85. The molecule has 0 aliphatic carbocycles. The Hall–Kier alpha value is -2.46. The van der Waals surface area contributed by atoms with E-state index in [1.54, 1.807) is 37.3 Å². The number of likely N-dealkylation sites (N-methyl/N-ethyl adjacent to an activating group) is 1. The lowest BCUT2D eigenvalue weighted by Crippen LogP contribution is -2.27. The van der Waals surface area contributed by atoms with Crippen LogP contribution in [0.4, 0.5) is 0 Å². The summed E-state index contributed by atoms with van der Waals surface area (Å²) >= 11 is 6.27. The van der Waals surface area contributed by atoms with Gasteiger partial charge in [0.1, 0.15) is 0 Å². The molecule has 2 aromatic carbocycles. The number of amides is 1. The van der Waals surface area contributed by atoms with Crippen LogP contribution >= 0.6 is 11.6 Å². The number of halogens is 1. The number of carbonyl (C=O) groups excluding carboxylic acids is 1. The molecule has 4 nitrogen and oxygen atoms in total. The molecule has 0 unspecified atom stereocenters. The monoisotopic (exact) mass is 373 g/mol. The standard InChI is InChI=1S/C21H24ClNO3/c1-5-26-21-18(22)13-16(14-19(21)25-4)11-12-20(24)23(3)15(2)17-9-7-6-8-10-17/h6-15H,5H2,1-4H3/b12-11+/t15-/m0/s1. The summed E-state index contributed by atoms with van der Waals surface area (Å²) in [7, 11) is 3.35. The molecule has 0 fully saturated rings. The fraction of sp³-hybridized carbons (Fsp3) is 0.286. The van der Waals surface area contributed by atoms with Gasteiger partial charge in [-0.05, 0) is 43.2 Å². The molecule has 0 aromatic heterocycles. The van der Waals surface area contributed by atoms with E-state index in [0.717, 1.165) is 11.1 Å². The average Bonchev–Trinajstić information content (AvgIpc) is 2.67. The highest BCUT2D eigenvalue weighted by Gasteiger charge is 2.15. The molecule has 0 bridgehead atoms. The maximum Gasteiger partial charge on any atom is 0.246 e. The Bertz CT molecular complexity index is 774. The van der Waals surface area contributed by atoms with E-state index in [2.05, 4.69) is 0 Å². The van der Waals surface area contributed by atoms with Crippen LogP contribution in [-0.4, -0.2) is 31.6 Å². The van der Waals surface area contributed by atoms with Gasteiger partial charge in [-0.3, -0.25) is 4.79 Å². The molecule has 0 saturated carbocycles. The Morgan fingerprint density at radius 3 is 2.58 bits per heavy atom. The molecule has 0 heterocycles. The molecule has 26 heavy (non-hydrogen) atoms. The fourth-order valence-corrected chi connectivity index (χ4v) is 2.83. The Labute approximate surface area is 160 Å². The van der Waals surface area contributed by atoms with Crippen molar-refractivity contribution in [2.75, 3.05) is 20.8 Å². The number of rotatable bonds is 7. The van der Waals surface area contributed by atoms with Crippen LogP contribution in [-0.2, 0) is 4.79 Å². The van der Waals surface area contributed by atoms with Gasteiger partial charge in [0.25, 0.3) is 0 Å². The molecular formula is C21H24ClNO3. The first-order valence-corrected chi connectivity index (χ1v) is 8.85. The van der Waals surface area contributed by atoms with E-state index in [-0.39, 0.29) is 11.9 Å². The lowest BCUT2D eigenvalue weighted by molar-refractivity contribution is -0.126. The Kier molecular flexibility index (Phi) is 7.10. The van der Waals surface area contributed by atoms with Crippen LogP contribution in [0.2, 0.25) is 5.02 Å². The van der Waals surface area contributed by atoms with E-state index in [9.17, 15) is 4.79 Å². The van der Waals surface area contributed by atoms with Crippen LogP contribution < -0.4 is 9.47 Å². The van der Waals surface area contributed by atoms with Gasteiger partial charge >= 0.3 is 0 Å². The predicted molar refractivity (Wildman–Crippen MR) is 106 cm³/mol. The molecule has 2 rings (SSSR count). The molecule has 0 aliphatic rings. The highest BCUT2D eigenvalue weighted by atomic mass is 35.5. The van der Waals surface area contributed by atoms with Gasteiger partial charge in [0, 0.05) is 13.1 Å². The first-order valence-electron chi connectivity index (χ1n) is 8.48. The molecule has 0 saturated heterocycles. The SMILES string of the molecule is CCOc1c(Cl)cc(/C=C/C(=O)N(C)[C@@H](C)c2ccccc2)cc1OC. The second kappa shape index (κ2) is 9.30. The van der Waals surface area contributed by atoms with Crippen LogP contribution in [0.3, 0.4) is 0 Å². The van der Waals surface area contributed by atoms with Crippen LogP contribution in [0.25, 0.3) is 6.08 Å². The Morgan fingerprint density at radius 1 is 1.27 bits per heavy atom. The third kappa shape index (κ3) is 4.79. The Balaban J connectivity index is 2.15. The van der Waals surface area contributed by atoms with Crippen molar-refractivity contribution in [1.29, 1.82) is 0 Å². The van der Waals surface area contributed by atoms with Crippen LogP contribution in [0.1, 0.15) is 31.0 Å². The lowest BCUT2D eigenvalue weighted by atomic mass is 10.1. The minimum Gasteiger partial charge on any atom is -0.493 e. The number of hydrogen-bond donors (Lipinski definition) is 0. The van der Waals surface area contributed by atoms with E-state index in [1.165, 1.54) is 6.08 Å². The van der Waals surface area contributed by atoms with Gasteiger partial charge in [0.05, 0.1) is 24.8 Å². The highest BCUT2D eigenvalue weighted by Crippen LogP contribution is 2.36. The zero-order chi connectivity index (χ0) is 19.1. The van der Waals surface area contributed by atoms with E-state index < -0.39 is 0 Å². The van der Waals surface area contributed by atoms with Crippen molar-refractivity contribution in [3.05, 3.63) is 64.7 Å². The van der Waals surface area contributed by atoms with Gasteiger partial charge < -0.3 is 14.4 Å². The van der Waals surface area contributed by atoms with Crippen molar-refractivity contribution in [2.45, 2.75) is 19.9 Å². The zero-order valence-electron chi connectivity index (χ0n) is 15.5. The topological polar surface area (TPSA) is 38.8 Å². The van der Waals surface area contributed by atoms with E-state index in [0.29, 0.717) is 23.1 Å². The molecule has 0 aliphatic heterocycles. The lowest BCUT2D eigenvalue weighted by Gasteiger charge is -2.24. The molecule has 0 radical (unpaired) electrons. The van der Waals surface area contributed by atoms with Gasteiger partial charge in [0.2, 0.25) is 5.91 Å². The normalized spacial score (nSPS) is 12.0. The fourth-order valence-electron chi connectivity index (χ4n) is 2.55. The van der Waals surface area contributed by atoms with Crippen LogP contribution in [0.5, 0.6) is 11.5 Å². The number of carbonyl (C=O) groups is 1. The molecule has 138 valence electrons. The van der Waals surface area contributed by atoms with Crippen LogP contribution in [0.15, 0.2) is 48.5 Å². The van der Waals surface area contributed by atoms with Crippen molar-refractivity contribution in [1.82, 2.24) is 4.90 Å². The number of methoxy groups -OCH3 is 1. The maximum absolute atomic E-state index is 12.5. The summed E-state index contributed by atoms with van der Waals surface area (Å²) in [6, 6.07) is 13.4. The molecule has 5 heteroatoms. The van der Waals surface area contributed by atoms with E-state index in [1.807, 2.05) is 44.2 Å². The summed E-state index contributed by atoms with van der Waals surface area (Å²) in [6.07, 6.45) is 3.26. The van der Waals surface area contributed by atoms with Gasteiger partial charge in [-0.25, -0.2) is 0 Å². The summed E-state index contributed by atoms with van der Waals surface area (Å²) < 4.78 is 10.8. The summed E-state index contributed by atoms with van der Waals surface area (Å²) in [4.78, 5) is 14.2. The second-order valence-corrected chi connectivity index (χ2v) is 6.24. The number of benzene rings is 2. The number of nitrogens with zero attached hydrogens (tertiary/aromatic N) is 1. The number of hydrogen-bond acceptors (Lipinski definition) is 3. The van der Waals surface area contributed by atoms with Crippen molar-refractivity contribution in [3.63, 3.8) is 0 Å². The van der Waals surface area contributed by atoms with Gasteiger partial charge in [0.15, 0.2) is 11.5 Å². The van der Waals surface area contributed by atoms with Crippen molar-refractivity contribution in [2.24, 2.45) is 0 Å². The quantitative estimate of drug-likeness (QED) is 0.642. The first-order chi connectivity index (χ1) is 12.5. The summed E-state index contributed by atoms with van der Waals surface area (Å²) in [5.74, 6) is 0.956. The minimum atomic E-state index is -0.0923. The smallest absolute Gasteiger partial charge is 0.246 e. The second-order valence-electron chi connectivity index (χ2n) is 5.84. The molecule has 0 spiro atoms. The zero-order valence-corrected chi connectivity index (χ0v) is 16.3. The molecule has 1 atom stereocenters. The average molecular weight is 374 g/mol. The van der Waals surface area contributed by atoms with Crippen molar-refractivity contribution < 1.29 is 14.3 Å². The number of ether oxygens (including phenoxy) is 2. The van der Waals surface area contributed by atoms with E-state index >= 15 is 0 Å². The van der Waals surface area contributed by atoms with Gasteiger partial charge in [-0.15, -0.1) is 0 Å².